The Bertz CT molecular complexity index is 665. The Morgan fingerprint density at radius 2 is 1.77 bits per heavy atom. The number of carbonyl (C=O) groups is 1. The van der Waals surface area contributed by atoms with Gasteiger partial charge in [-0.2, -0.15) is 0 Å². The van der Waals surface area contributed by atoms with Gasteiger partial charge in [-0.25, -0.2) is 4.79 Å². The van der Waals surface area contributed by atoms with Crippen LogP contribution < -0.4 is 15.4 Å². The standard InChI is InChI=1S/C15H13Cl3N2O2/c16-11-6-5-10(9-13(11)18)20-15(21)19-7-8-22-14-4-2-1-3-12(14)17/h1-6,9H,7-8H2,(H2,19,20,21). The van der Waals surface area contributed by atoms with E-state index in [1.165, 1.54) is 0 Å². The lowest BCUT2D eigenvalue weighted by Gasteiger charge is -2.10. The van der Waals surface area contributed by atoms with Gasteiger partial charge in [0.2, 0.25) is 0 Å². The summed E-state index contributed by atoms with van der Waals surface area (Å²) in [7, 11) is 0. The summed E-state index contributed by atoms with van der Waals surface area (Å²) in [5, 5.41) is 6.64. The number of benzene rings is 2. The zero-order chi connectivity index (χ0) is 15.9. The van der Waals surface area contributed by atoms with Gasteiger partial charge in [0.25, 0.3) is 0 Å². The van der Waals surface area contributed by atoms with Gasteiger partial charge in [-0.05, 0) is 30.3 Å². The number of rotatable bonds is 5. The van der Waals surface area contributed by atoms with Crippen molar-refractivity contribution in [1.82, 2.24) is 5.32 Å². The first kappa shape index (κ1) is 16.7. The minimum atomic E-state index is -0.360. The monoisotopic (exact) mass is 358 g/mol. The topological polar surface area (TPSA) is 50.4 Å². The minimum Gasteiger partial charge on any atom is -0.490 e. The van der Waals surface area contributed by atoms with Gasteiger partial charge in [0.05, 0.1) is 21.6 Å². The molecule has 2 N–H and O–H groups in total. The number of para-hydroxylation sites is 1. The molecule has 0 atom stereocenters. The first-order chi connectivity index (χ1) is 10.6. The van der Waals surface area contributed by atoms with Crippen LogP contribution in [0, 0.1) is 0 Å². The van der Waals surface area contributed by atoms with Crippen LogP contribution in [0.25, 0.3) is 0 Å². The van der Waals surface area contributed by atoms with Gasteiger partial charge in [0, 0.05) is 5.69 Å². The molecular formula is C15H13Cl3N2O2. The molecule has 0 heterocycles. The Morgan fingerprint density at radius 1 is 1.00 bits per heavy atom. The van der Waals surface area contributed by atoms with E-state index in [9.17, 15) is 4.79 Å². The molecule has 4 nitrogen and oxygen atoms in total. The molecule has 0 aliphatic carbocycles. The summed E-state index contributed by atoms with van der Waals surface area (Å²) < 4.78 is 5.46. The molecule has 0 aromatic heterocycles. The number of carbonyl (C=O) groups excluding carboxylic acids is 1. The molecule has 2 aromatic carbocycles. The number of halogens is 3. The fourth-order valence-corrected chi connectivity index (χ4v) is 2.12. The zero-order valence-electron chi connectivity index (χ0n) is 11.4. The van der Waals surface area contributed by atoms with Crippen molar-refractivity contribution < 1.29 is 9.53 Å². The van der Waals surface area contributed by atoms with Crippen LogP contribution in [0.15, 0.2) is 42.5 Å². The predicted molar refractivity (Wildman–Crippen MR) is 90.4 cm³/mol. The van der Waals surface area contributed by atoms with Gasteiger partial charge in [0.15, 0.2) is 0 Å². The van der Waals surface area contributed by atoms with Crippen molar-refractivity contribution in [1.29, 1.82) is 0 Å². The number of anilines is 1. The quantitative estimate of drug-likeness (QED) is 0.750. The van der Waals surface area contributed by atoms with E-state index in [2.05, 4.69) is 10.6 Å². The summed E-state index contributed by atoms with van der Waals surface area (Å²) in [6.45, 7) is 0.636. The highest BCUT2D eigenvalue weighted by molar-refractivity contribution is 6.42. The van der Waals surface area contributed by atoms with Gasteiger partial charge in [-0.1, -0.05) is 46.9 Å². The van der Waals surface area contributed by atoms with Crippen molar-refractivity contribution >= 4 is 46.5 Å². The van der Waals surface area contributed by atoms with E-state index in [-0.39, 0.29) is 6.03 Å². The third kappa shape index (κ3) is 4.98. The summed E-state index contributed by atoms with van der Waals surface area (Å²) in [4.78, 5) is 11.7. The van der Waals surface area contributed by atoms with Crippen LogP contribution in [0.3, 0.4) is 0 Å². The lowest BCUT2D eigenvalue weighted by Crippen LogP contribution is -2.32. The molecule has 2 aromatic rings. The molecule has 0 bridgehead atoms. The van der Waals surface area contributed by atoms with Crippen LogP contribution in [0.4, 0.5) is 10.5 Å². The fourth-order valence-electron chi connectivity index (χ4n) is 1.64. The Hall–Kier alpha value is -1.62. The normalized spacial score (nSPS) is 10.1. The van der Waals surface area contributed by atoms with E-state index < -0.39 is 0 Å². The van der Waals surface area contributed by atoms with Crippen LogP contribution in [-0.4, -0.2) is 19.2 Å². The predicted octanol–water partition coefficient (Wildman–Crippen LogP) is 4.85. The molecule has 0 spiro atoms. The van der Waals surface area contributed by atoms with Crippen molar-refractivity contribution in [2.24, 2.45) is 0 Å². The van der Waals surface area contributed by atoms with Gasteiger partial charge in [-0.3, -0.25) is 0 Å². The maximum Gasteiger partial charge on any atom is 0.319 e. The second kappa shape index (κ2) is 8.13. The van der Waals surface area contributed by atoms with Crippen LogP contribution >= 0.6 is 34.8 Å². The summed E-state index contributed by atoms with van der Waals surface area (Å²) in [6.07, 6.45) is 0. The van der Waals surface area contributed by atoms with Crippen LogP contribution in [0.2, 0.25) is 15.1 Å². The average Bonchev–Trinajstić information content (AvgIpc) is 2.49. The van der Waals surface area contributed by atoms with Crippen LogP contribution in [0.1, 0.15) is 0 Å². The average molecular weight is 360 g/mol. The summed E-state index contributed by atoms with van der Waals surface area (Å²) in [5.74, 6) is 0.579. The highest BCUT2D eigenvalue weighted by Gasteiger charge is 2.04. The third-order valence-electron chi connectivity index (χ3n) is 2.66. The first-order valence-electron chi connectivity index (χ1n) is 6.43. The van der Waals surface area contributed by atoms with E-state index in [0.717, 1.165) is 0 Å². The molecule has 2 rings (SSSR count). The molecule has 7 heteroatoms. The van der Waals surface area contributed by atoms with E-state index in [4.69, 9.17) is 39.5 Å². The second-order valence-corrected chi connectivity index (χ2v) is 5.51. The number of hydrogen-bond acceptors (Lipinski definition) is 2. The molecule has 0 aliphatic heterocycles. The van der Waals surface area contributed by atoms with Crippen molar-refractivity contribution in [3.8, 4) is 5.75 Å². The van der Waals surface area contributed by atoms with Crippen molar-refractivity contribution in [2.75, 3.05) is 18.5 Å². The van der Waals surface area contributed by atoms with E-state index >= 15 is 0 Å². The Morgan fingerprint density at radius 3 is 2.50 bits per heavy atom. The lowest BCUT2D eigenvalue weighted by atomic mass is 10.3. The molecular weight excluding hydrogens is 347 g/mol. The third-order valence-corrected chi connectivity index (χ3v) is 3.71. The molecule has 0 aliphatic rings. The number of amides is 2. The largest absolute Gasteiger partial charge is 0.490 e. The van der Waals surface area contributed by atoms with E-state index in [1.807, 2.05) is 12.1 Å². The van der Waals surface area contributed by atoms with Gasteiger partial charge < -0.3 is 15.4 Å². The molecule has 2 amide bonds. The first-order valence-corrected chi connectivity index (χ1v) is 7.57. The second-order valence-electron chi connectivity index (χ2n) is 4.29. The zero-order valence-corrected chi connectivity index (χ0v) is 13.7. The van der Waals surface area contributed by atoms with Crippen LogP contribution in [0.5, 0.6) is 5.75 Å². The van der Waals surface area contributed by atoms with Crippen molar-refractivity contribution in [3.05, 3.63) is 57.5 Å². The molecule has 0 radical (unpaired) electrons. The van der Waals surface area contributed by atoms with Crippen molar-refractivity contribution in [2.45, 2.75) is 0 Å². The SMILES string of the molecule is O=C(NCCOc1ccccc1Cl)Nc1ccc(Cl)c(Cl)c1. The van der Waals surface area contributed by atoms with Crippen molar-refractivity contribution in [3.63, 3.8) is 0 Å². The molecule has 0 fully saturated rings. The number of hydrogen-bond donors (Lipinski definition) is 2. The molecule has 22 heavy (non-hydrogen) atoms. The molecule has 0 unspecified atom stereocenters. The Balaban J connectivity index is 1.74. The maximum absolute atomic E-state index is 11.7. The summed E-state index contributed by atoms with van der Waals surface area (Å²) in [5.41, 5.74) is 0.555. The number of ether oxygens (including phenoxy) is 1. The van der Waals surface area contributed by atoms with Crippen LogP contribution in [-0.2, 0) is 0 Å². The Kier molecular flexibility index (Phi) is 6.19. The minimum absolute atomic E-state index is 0.304. The highest BCUT2D eigenvalue weighted by atomic mass is 35.5. The molecule has 0 saturated heterocycles. The molecule has 116 valence electrons. The number of nitrogens with one attached hydrogen (secondary N) is 2. The molecule has 0 saturated carbocycles. The van der Waals surface area contributed by atoms with Gasteiger partial charge in [-0.15, -0.1) is 0 Å². The van der Waals surface area contributed by atoms with E-state index in [1.54, 1.807) is 30.3 Å². The number of urea groups is 1. The Labute approximate surface area is 143 Å². The maximum atomic E-state index is 11.7. The summed E-state index contributed by atoms with van der Waals surface area (Å²) in [6, 6.07) is 11.6. The summed E-state index contributed by atoms with van der Waals surface area (Å²) >= 11 is 17.6. The van der Waals surface area contributed by atoms with E-state index in [0.29, 0.717) is 39.7 Å². The van der Waals surface area contributed by atoms with Gasteiger partial charge >= 0.3 is 6.03 Å². The smallest absolute Gasteiger partial charge is 0.319 e. The highest BCUT2D eigenvalue weighted by Crippen LogP contribution is 2.25. The fraction of sp³-hybridized carbons (Fsp3) is 0.133. The van der Waals surface area contributed by atoms with Gasteiger partial charge in [0.1, 0.15) is 12.4 Å². The lowest BCUT2D eigenvalue weighted by molar-refractivity contribution is 0.247.